The molecule has 0 amide bonds. The van der Waals surface area contributed by atoms with Crippen LogP contribution in [0.15, 0.2) is 24.8 Å². The second-order valence-electron chi connectivity index (χ2n) is 3.97. The standard InChI is InChI=1S/C14H20FNO/c1-5-9-17-11(4)16-14-10(3)13(15)8-7-12(14)6-2/h5,7-8,11,16H,1,6,9H2,2-4H3. The lowest BCUT2D eigenvalue weighted by Crippen LogP contribution is -2.21. The van der Waals surface area contributed by atoms with Gasteiger partial charge in [-0.3, -0.25) is 0 Å². The monoisotopic (exact) mass is 237 g/mol. The molecule has 3 heteroatoms. The van der Waals surface area contributed by atoms with Crippen molar-refractivity contribution in [2.24, 2.45) is 0 Å². The highest BCUT2D eigenvalue weighted by molar-refractivity contribution is 5.58. The Morgan fingerprint density at radius 2 is 2.24 bits per heavy atom. The smallest absolute Gasteiger partial charge is 0.128 e. The molecule has 0 fully saturated rings. The number of aryl methyl sites for hydroxylation is 1. The van der Waals surface area contributed by atoms with Crippen molar-refractivity contribution < 1.29 is 9.13 Å². The Kier molecular flexibility index (Phi) is 5.16. The summed E-state index contributed by atoms with van der Waals surface area (Å²) in [4.78, 5) is 0. The number of halogens is 1. The first-order chi connectivity index (χ1) is 8.10. The maximum absolute atomic E-state index is 13.5. The molecule has 0 spiro atoms. The van der Waals surface area contributed by atoms with Crippen LogP contribution in [0.5, 0.6) is 0 Å². The summed E-state index contributed by atoms with van der Waals surface area (Å²) in [6, 6.07) is 3.32. The van der Waals surface area contributed by atoms with Crippen LogP contribution in [-0.2, 0) is 11.2 Å². The fraction of sp³-hybridized carbons (Fsp3) is 0.429. The highest BCUT2D eigenvalue weighted by atomic mass is 19.1. The van der Waals surface area contributed by atoms with E-state index in [0.29, 0.717) is 12.2 Å². The van der Waals surface area contributed by atoms with E-state index in [1.54, 1.807) is 13.0 Å². The number of hydrogen-bond donors (Lipinski definition) is 1. The fourth-order valence-corrected chi connectivity index (χ4v) is 1.70. The molecular weight excluding hydrogens is 217 g/mol. The average molecular weight is 237 g/mol. The Balaban J connectivity index is 2.87. The van der Waals surface area contributed by atoms with Crippen LogP contribution in [0.3, 0.4) is 0 Å². The number of hydrogen-bond acceptors (Lipinski definition) is 2. The third kappa shape index (κ3) is 3.56. The van der Waals surface area contributed by atoms with E-state index >= 15 is 0 Å². The van der Waals surface area contributed by atoms with E-state index < -0.39 is 0 Å². The van der Waals surface area contributed by atoms with Gasteiger partial charge in [-0.25, -0.2) is 4.39 Å². The summed E-state index contributed by atoms with van der Waals surface area (Å²) in [5, 5.41) is 3.20. The SMILES string of the molecule is C=CCOC(C)Nc1c(CC)ccc(F)c1C. The summed E-state index contributed by atoms with van der Waals surface area (Å²) >= 11 is 0. The summed E-state index contributed by atoms with van der Waals surface area (Å²) in [6.07, 6.45) is 2.38. The van der Waals surface area contributed by atoms with Gasteiger partial charge in [0.15, 0.2) is 0 Å². The largest absolute Gasteiger partial charge is 0.360 e. The second-order valence-corrected chi connectivity index (χ2v) is 3.97. The first-order valence-corrected chi connectivity index (χ1v) is 5.87. The predicted octanol–water partition coefficient (Wildman–Crippen LogP) is 3.66. The van der Waals surface area contributed by atoms with Crippen LogP contribution in [0, 0.1) is 12.7 Å². The number of rotatable bonds is 6. The Hall–Kier alpha value is -1.35. The van der Waals surface area contributed by atoms with Gasteiger partial charge in [-0.05, 0) is 31.9 Å². The van der Waals surface area contributed by atoms with E-state index in [4.69, 9.17) is 4.74 Å². The van der Waals surface area contributed by atoms with Gasteiger partial charge in [0.25, 0.3) is 0 Å². The molecule has 1 N–H and O–H groups in total. The lowest BCUT2D eigenvalue weighted by atomic mass is 10.1. The molecule has 1 atom stereocenters. The van der Waals surface area contributed by atoms with Crippen LogP contribution in [0.1, 0.15) is 25.0 Å². The highest BCUT2D eigenvalue weighted by Crippen LogP contribution is 2.24. The Morgan fingerprint density at radius 1 is 1.53 bits per heavy atom. The van der Waals surface area contributed by atoms with E-state index in [2.05, 4.69) is 11.9 Å². The lowest BCUT2D eigenvalue weighted by Gasteiger charge is -2.20. The maximum atomic E-state index is 13.5. The van der Waals surface area contributed by atoms with Gasteiger partial charge >= 0.3 is 0 Å². The molecule has 94 valence electrons. The first kappa shape index (κ1) is 13.7. The van der Waals surface area contributed by atoms with Gasteiger partial charge < -0.3 is 10.1 Å². The number of nitrogens with one attached hydrogen (secondary N) is 1. The number of benzene rings is 1. The van der Waals surface area contributed by atoms with Crippen molar-refractivity contribution in [2.75, 3.05) is 11.9 Å². The third-order valence-electron chi connectivity index (χ3n) is 2.68. The molecule has 1 aromatic rings. The lowest BCUT2D eigenvalue weighted by molar-refractivity contribution is 0.109. The summed E-state index contributed by atoms with van der Waals surface area (Å²) in [7, 11) is 0. The summed E-state index contributed by atoms with van der Waals surface area (Å²) in [5.74, 6) is -0.194. The van der Waals surface area contributed by atoms with Crippen LogP contribution in [-0.4, -0.2) is 12.8 Å². The first-order valence-electron chi connectivity index (χ1n) is 5.87. The summed E-state index contributed by atoms with van der Waals surface area (Å²) in [6.45, 7) is 9.79. The van der Waals surface area contributed by atoms with Crippen LogP contribution in [0.2, 0.25) is 0 Å². The normalized spacial score (nSPS) is 12.2. The van der Waals surface area contributed by atoms with Crippen LogP contribution < -0.4 is 5.32 Å². The fourth-order valence-electron chi connectivity index (χ4n) is 1.70. The molecule has 2 nitrogen and oxygen atoms in total. The quantitative estimate of drug-likeness (QED) is 0.602. The minimum atomic E-state index is -0.194. The number of ether oxygens (including phenoxy) is 1. The molecule has 1 aromatic carbocycles. The van der Waals surface area contributed by atoms with Crippen molar-refractivity contribution >= 4 is 5.69 Å². The molecule has 0 saturated heterocycles. The Morgan fingerprint density at radius 3 is 2.82 bits per heavy atom. The average Bonchev–Trinajstić information content (AvgIpc) is 2.33. The van der Waals surface area contributed by atoms with Crippen molar-refractivity contribution in [1.29, 1.82) is 0 Å². The molecule has 0 radical (unpaired) electrons. The van der Waals surface area contributed by atoms with Crippen molar-refractivity contribution in [3.05, 3.63) is 41.7 Å². The predicted molar refractivity (Wildman–Crippen MR) is 69.7 cm³/mol. The molecule has 0 heterocycles. The molecule has 1 unspecified atom stereocenters. The zero-order valence-corrected chi connectivity index (χ0v) is 10.7. The second kappa shape index (κ2) is 6.40. The van der Waals surface area contributed by atoms with Crippen LogP contribution in [0.25, 0.3) is 0 Å². The zero-order chi connectivity index (χ0) is 12.8. The van der Waals surface area contributed by atoms with Gasteiger partial charge in [0.05, 0.1) is 6.61 Å². The van der Waals surface area contributed by atoms with E-state index in [1.807, 2.05) is 19.9 Å². The van der Waals surface area contributed by atoms with Gasteiger partial charge in [-0.2, -0.15) is 0 Å². The summed E-state index contributed by atoms with van der Waals surface area (Å²) in [5.41, 5.74) is 2.57. The van der Waals surface area contributed by atoms with Crippen molar-refractivity contribution in [3.8, 4) is 0 Å². The maximum Gasteiger partial charge on any atom is 0.128 e. The molecule has 0 aromatic heterocycles. The molecule has 0 bridgehead atoms. The van der Waals surface area contributed by atoms with Crippen molar-refractivity contribution in [1.82, 2.24) is 0 Å². The number of anilines is 1. The Labute approximate surface area is 102 Å². The molecular formula is C14H20FNO. The molecule has 17 heavy (non-hydrogen) atoms. The third-order valence-corrected chi connectivity index (χ3v) is 2.68. The molecule has 0 aliphatic rings. The van der Waals surface area contributed by atoms with E-state index in [0.717, 1.165) is 17.7 Å². The minimum Gasteiger partial charge on any atom is -0.360 e. The van der Waals surface area contributed by atoms with E-state index in [1.165, 1.54) is 6.07 Å². The molecule has 0 saturated carbocycles. The molecule has 0 aliphatic carbocycles. The van der Waals surface area contributed by atoms with E-state index in [9.17, 15) is 4.39 Å². The Bertz CT molecular complexity index is 390. The zero-order valence-electron chi connectivity index (χ0n) is 10.7. The van der Waals surface area contributed by atoms with Crippen molar-refractivity contribution in [2.45, 2.75) is 33.4 Å². The van der Waals surface area contributed by atoms with Gasteiger partial charge in [0.2, 0.25) is 0 Å². The van der Waals surface area contributed by atoms with E-state index in [-0.39, 0.29) is 12.0 Å². The topological polar surface area (TPSA) is 21.3 Å². The van der Waals surface area contributed by atoms with Gasteiger partial charge in [0, 0.05) is 11.3 Å². The summed E-state index contributed by atoms with van der Waals surface area (Å²) < 4.78 is 18.9. The van der Waals surface area contributed by atoms with Gasteiger partial charge in [-0.15, -0.1) is 6.58 Å². The molecule has 0 aliphatic heterocycles. The minimum absolute atomic E-state index is 0.168. The highest BCUT2D eigenvalue weighted by Gasteiger charge is 2.11. The van der Waals surface area contributed by atoms with Gasteiger partial charge in [0.1, 0.15) is 12.0 Å². The molecule has 1 rings (SSSR count). The van der Waals surface area contributed by atoms with Crippen LogP contribution in [0.4, 0.5) is 10.1 Å². The van der Waals surface area contributed by atoms with Crippen LogP contribution >= 0.6 is 0 Å². The van der Waals surface area contributed by atoms with Gasteiger partial charge in [-0.1, -0.05) is 19.1 Å². The van der Waals surface area contributed by atoms with Crippen molar-refractivity contribution in [3.63, 3.8) is 0 Å².